The molecular formula is C20H15N3O4S. The molecule has 8 heteroatoms. The zero-order valence-electron chi connectivity index (χ0n) is 15.1. The summed E-state index contributed by atoms with van der Waals surface area (Å²) in [6.45, 7) is 0. The van der Waals surface area contributed by atoms with Crippen LogP contribution in [0.25, 0.3) is 22.9 Å². The highest BCUT2D eigenvalue weighted by Gasteiger charge is 2.13. The largest absolute Gasteiger partial charge is 0.497 e. The summed E-state index contributed by atoms with van der Waals surface area (Å²) in [5.74, 6) is 1.24. The summed E-state index contributed by atoms with van der Waals surface area (Å²) in [7, 11) is 3.11. The van der Waals surface area contributed by atoms with E-state index in [1.807, 2.05) is 0 Å². The van der Waals surface area contributed by atoms with Crippen LogP contribution >= 0.6 is 11.3 Å². The van der Waals surface area contributed by atoms with E-state index in [1.165, 1.54) is 23.5 Å². The van der Waals surface area contributed by atoms with E-state index in [2.05, 4.69) is 11.1 Å². The number of nitriles is 1. The number of thiazole rings is 1. The first-order valence-electron chi connectivity index (χ1n) is 8.10. The summed E-state index contributed by atoms with van der Waals surface area (Å²) >= 11 is 1.29. The number of methoxy groups -OCH3 is 2. The lowest BCUT2D eigenvalue weighted by atomic mass is 10.1. The number of hydrogen-bond acceptors (Lipinski definition) is 7. The molecule has 0 aliphatic carbocycles. The Balaban J connectivity index is 2.00. The van der Waals surface area contributed by atoms with Crippen molar-refractivity contribution in [3.8, 4) is 28.8 Å². The number of nitrogens with zero attached hydrogens (tertiary/aromatic N) is 3. The summed E-state index contributed by atoms with van der Waals surface area (Å²) in [6.07, 6.45) is 1.68. The fourth-order valence-electron chi connectivity index (χ4n) is 2.56. The molecule has 3 aromatic rings. The molecule has 0 saturated carbocycles. The molecule has 0 amide bonds. The number of nitro benzene ring substituents is 1. The quantitative estimate of drug-likeness (QED) is 0.339. The first-order valence-corrected chi connectivity index (χ1v) is 8.98. The third kappa shape index (κ3) is 4.00. The van der Waals surface area contributed by atoms with Crippen LogP contribution in [0.2, 0.25) is 0 Å². The van der Waals surface area contributed by atoms with Crippen molar-refractivity contribution in [2.24, 2.45) is 0 Å². The maximum absolute atomic E-state index is 11.0. The summed E-state index contributed by atoms with van der Waals surface area (Å²) < 4.78 is 10.6. The fraction of sp³-hybridized carbons (Fsp3) is 0.100. The van der Waals surface area contributed by atoms with Crippen LogP contribution in [-0.4, -0.2) is 24.1 Å². The monoisotopic (exact) mass is 393 g/mol. The van der Waals surface area contributed by atoms with Gasteiger partial charge in [-0.05, 0) is 24.3 Å². The maximum atomic E-state index is 11.0. The lowest BCUT2D eigenvalue weighted by Crippen LogP contribution is -1.91. The highest BCUT2D eigenvalue weighted by molar-refractivity contribution is 7.11. The van der Waals surface area contributed by atoms with E-state index in [-0.39, 0.29) is 5.69 Å². The van der Waals surface area contributed by atoms with Gasteiger partial charge in [0.2, 0.25) is 0 Å². The highest BCUT2D eigenvalue weighted by atomic mass is 32.1. The van der Waals surface area contributed by atoms with E-state index in [9.17, 15) is 15.4 Å². The van der Waals surface area contributed by atoms with Gasteiger partial charge >= 0.3 is 0 Å². The van der Waals surface area contributed by atoms with E-state index in [4.69, 9.17) is 9.47 Å². The topological polar surface area (TPSA) is 98.3 Å². The van der Waals surface area contributed by atoms with E-state index in [0.29, 0.717) is 38.9 Å². The van der Waals surface area contributed by atoms with Crippen LogP contribution in [0.1, 0.15) is 10.6 Å². The molecule has 0 saturated heterocycles. The standard InChI is InChI=1S/C20H15N3O4S/c1-26-17-6-7-19(27-2)14(10-17)8-15(11-21)20-22-18(12-28-20)13-4-3-5-16(9-13)23(24)25/h3-10,12H,1-2H3. The summed E-state index contributed by atoms with van der Waals surface area (Å²) in [4.78, 5) is 15.0. The minimum atomic E-state index is -0.452. The van der Waals surface area contributed by atoms with E-state index < -0.39 is 4.92 Å². The summed E-state index contributed by atoms with van der Waals surface area (Å²) in [5, 5.41) is 22.9. The van der Waals surface area contributed by atoms with Crippen LogP contribution in [-0.2, 0) is 0 Å². The number of rotatable bonds is 6. The molecule has 1 aromatic heterocycles. The Morgan fingerprint density at radius 3 is 2.75 bits per heavy atom. The molecule has 0 aliphatic rings. The van der Waals surface area contributed by atoms with Crippen LogP contribution in [0.4, 0.5) is 5.69 Å². The van der Waals surface area contributed by atoms with Crippen molar-refractivity contribution in [2.45, 2.75) is 0 Å². The smallest absolute Gasteiger partial charge is 0.270 e. The molecule has 28 heavy (non-hydrogen) atoms. The lowest BCUT2D eigenvalue weighted by Gasteiger charge is -2.07. The van der Waals surface area contributed by atoms with Crippen LogP contribution in [0, 0.1) is 21.4 Å². The van der Waals surface area contributed by atoms with Crippen LogP contribution in [0.5, 0.6) is 11.5 Å². The first-order chi connectivity index (χ1) is 13.5. The number of ether oxygens (including phenoxy) is 2. The van der Waals surface area contributed by atoms with E-state index >= 15 is 0 Å². The van der Waals surface area contributed by atoms with Crippen molar-refractivity contribution in [1.82, 2.24) is 4.98 Å². The molecule has 0 radical (unpaired) electrons. The summed E-state index contributed by atoms with van der Waals surface area (Å²) in [5.41, 5.74) is 2.22. The Bertz CT molecular complexity index is 1100. The van der Waals surface area contributed by atoms with Crippen LogP contribution < -0.4 is 9.47 Å². The normalized spacial score (nSPS) is 11.0. The zero-order chi connectivity index (χ0) is 20.1. The van der Waals surface area contributed by atoms with Gasteiger partial charge in [-0.25, -0.2) is 4.98 Å². The highest BCUT2D eigenvalue weighted by Crippen LogP contribution is 2.31. The molecule has 0 aliphatic heterocycles. The van der Waals surface area contributed by atoms with Gasteiger partial charge in [0.25, 0.3) is 5.69 Å². The zero-order valence-corrected chi connectivity index (χ0v) is 15.9. The van der Waals surface area contributed by atoms with Gasteiger partial charge < -0.3 is 9.47 Å². The Hall–Kier alpha value is -3.70. The third-order valence-electron chi connectivity index (χ3n) is 3.94. The van der Waals surface area contributed by atoms with Gasteiger partial charge in [-0.1, -0.05) is 12.1 Å². The first kappa shape index (κ1) is 19.1. The predicted octanol–water partition coefficient (Wildman–Crippen LogP) is 4.80. The molecule has 140 valence electrons. The molecule has 0 bridgehead atoms. The van der Waals surface area contributed by atoms with E-state index in [1.54, 1.807) is 56.0 Å². The van der Waals surface area contributed by atoms with Crippen molar-refractivity contribution < 1.29 is 14.4 Å². The lowest BCUT2D eigenvalue weighted by molar-refractivity contribution is -0.384. The summed E-state index contributed by atoms with van der Waals surface area (Å²) in [6, 6.07) is 13.7. The molecule has 0 fully saturated rings. The second kappa shape index (κ2) is 8.33. The Morgan fingerprint density at radius 2 is 2.07 bits per heavy atom. The number of benzene rings is 2. The van der Waals surface area contributed by atoms with Crippen LogP contribution in [0.15, 0.2) is 47.8 Å². The Labute approximate surface area is 165 Å². The van der Waals surface area contributed by atoms with Crippen molar-refractivity contribution in [1.29, 1.82) is 5.26 Å². The number of aromatic nitrogens is 1. The molecule has 3 rings (SSSR count). The van der Waals surface area contributed by atoms with Gasteiger partial charge in [0.1, 0.15) is 22.6 Å². The number of non-ortho nitro benzene ring substituents is 1. The van der Waals surface area contributed by atoms with Crippen molar-refractivity contribution in [3.63, 3.8) is 0 Å². The molecular weight excluding hydrogens is 378 g/mol. The number of hydrogen-bond donors (Lipinski definition) is 0. The number of nitro groups is 1. The van der Waals surface area contributed by atoms with Crippen molar-refractivity contribution in [3.05, 3.63) is 68.5 Å². The molecule has 0 N–H and O–H groups in total. The molecule has 2 aromatic carbocycles. The minimum absolute atomic E-state index is 0.00999. The van der Waals surface area contributed by atoms with Gasteiger partial charge in [-0.2, -0.15) is 5.26 Å². The van der Waals surface area contributed by atoms with E-state index in [0.717, 1.165) is 0 Å². The predicted molar refractivity (Wildman–Crippen MR) is 107 cm³/mol. The van der Waals surface area contributed by atoms with Gasteiger partial charge in [0.15, 0.2) is 0 Å². The Kier molecular flexibility index (Phi) is 5.67. The molecule has 7 nitrogen and oxygen atoms in total. The second-order valence-electron chi connectivity index (χ2n) is 5.62. The van der Waals surface area contributed by atoms with Gasteiger partial charge in [-0.15, -0.1) is 11.3 Å². The maximum Gasteiger partial charge on any atom is 0.270 e. The molecule has 0 unspecified atom stereocenters. The molecule has 0 spiro atoms. The van der Waals surface area contributed by atoms with Gasteiger partial charge in [0, 0.05) is 28.6 Å². The minimum Gasteiger partial charge on any atom is -0.497 e. The van der Waals surface area contributed by atoms with Gasteiger partial charge in [0.05, 0.1) is 30.4 Å². The molecule has 0 atom stereocenters. The molecule has 1 heterocycles. The third-order valence-corrected chi connectivity index (χ3v) is 4.82. The Morgan fingerprint density at radius 1 is 1.25 bits per heavy atom. The van der Waals surface area contributed by atoms with Crippen molar-refractivity contribution >= 4 is 28.7 Å². The average molecular weight is 393 g/mol. The van der Waals surface area contributed by atoms with Gasteiger partial charge in [-0.3, -0.25) is 10.1 Å². The average Bonchev–Trinajstić information content (AvgIpc) is 3.22. The second-order valence-corrected chi connectivity index (χ2v) is 6.48. The number of allylic oxidation sites excluding steroid dienone is 1. The van der Waals surface area contributed by atoms with Crippen molar-refractivity contribution in [2.75, 3.05) is 14.2 Å². The van der Waals surface area contributed by atoms with Crippen LogP contribution in [0.3, 0.4) is 0 Å². The SMILES string of the molecule is COc1ccc(OC)c(C=C(C#N)c2nc(-c3cccc([N+](=O)[O-])c3)cs2)c1. The fourth-order valence-corrected chi connectivity index (χ4v) is 3.35.